The lowest BCUT2D eigenvalue weighted by Crippen LogP contribution is -2.09. The van der Waals surface area contributed by atoms with Crippen LogP contribution in [0.15, 0.2) is 61.4 Å². The van der Waals surface area contributed by atoms with Crippen LogP contribution in [0.3, 0.4) is 0 Å². The van der Waals surface area contributed by atoms with E-state index in [1.165, 1.54) is 18.4 Å². The maximum absolute atomic E-state index is 13.1. The molecule has 3 rings (SSSR count). The number of ether oxygens (including phenoxy) is 1. The number of anilines is 1. The van der Waals surface area contributed by atoms with Crippen molar-refractivity contribution in [2.45, 2.75) is 16.3 Å². The smallest absolute Gasteiger partial charge is 0.266 e. The highest BCUT2D eigenvalue weighted by Crippen LogP contribution is 2.32. The summed E-state index contributed by atoms with van der Waals surface area (Å²) in [6, 6.07) is 7.76. The number of furan rings is 1. The maximum atomic E-state index is 13.1. The van der Waals surface area contributed by atoms with E-state index in [2.05, 4.69) is 10.3 Å². The van der Waals surface area contributed by atoms with Gasteiger partial charge in [0.2, 0.25) is 20.7 Å². The summed E-state index contributed by atoms with van der Waals surface area (Å²) >= 11 is 0. The first-order chi connectivity index (χ1) is 12.5. The third-order valence-corrected chi connectivity index (χ3v) is 5.20. The van der Waals surface area contributed by atoms with Crippen LogP contribution in [0.4, 0.5) is 10.3 Å². The van der Waals surface area contributed by atoms with E-state index in [4.69, 9.17) is 13.6 Å². The van der Waals surface area contributed by atoms with Crippen molar-refractivity contribution in [3.05, 3.63) is 48.5 Å². The van der Waals surface area contributed by atoms with Crippen LogP contribution >= 0.6 is 0 Å². The number of methoxy groups -OCH3 is 1. The number of aromatic nitrogens is 1. The van der Waals surface area contributed by atoms with Gasteiger partial charge in [-0.05, 0) is 42.8 Å². The third-order valence-electron chi connectivity index (χ3n) is 3.52. The lowest BCUT2D eigenvalue weighted by atomic mass is 10.4. The van der Waals surface area contributed by atoms with Crippen molar-refractivity contribution < 1.29 is 26.4 Å². The highest BCUT2D eigenvalue weighted by atomic mass is 32.2. The fourth-order valence-corrected chi connectivity index (χ4v) is 3.53. The van der Waals surface area contributed by atoms with Crippen LogP contribution in [0, 0.1) is 5.82 Å². The Morgan fingerprint density at radius 1 is 1.23 bits per heavy atom. The molecule has 0 aliphatic carbocycles. The highest BCUT2D eigenvalue weighted by Gasteiger charge is 2.29. The lowest BCUT2D eigenvalue weighted by Gasteiger charge is -2.06. The van der Waals surface area contributed by atoms with Crippen LogP contribution in [0.25, 0.3) is 11.7 Å². The summed E-state index contributed by atoms with van der Waals surface area (Å²) < 4.78 is 54.7. The normalized spacial score (nSPS) is 11.6. The molecule has 2 aromatic heterocycles. The maximum Gasteiger partial charge on any atom is 0.266 e. The molecule has 138 valence electrons. The van der Waals surface area contributed by atoms with Crippen LogP contribution in [0.1, 0.15) is 6.42 Å². The number of benzene rings is 1. The standard InChI is InChI=1S/C17H17FN2O5S/c1-23-10-3-9-19-16-17(20-15(25-16)14-4-2-11-24-14)26(21,22)13-7-5-12(18)6-8-13/h2,4-8,11,19H,3,9-10H2,1H3. The van der Waals surface area contributed by atoms with Crippen molar-refractivity contribution in [2.24, 2.45) is 0 Å². The Balaban J connectivity index is 1.99. The van der Waals surface area contributed by atoms with Crippen LogP contribution in [0.2, 0.25) is 0 Å². The van der Waals surface area contributed by atoms with E-state index in [1.54, 1.807) is 19.2 Å². The average molecular weight is 380 g/mol. The SMILES string of the molecule is COCCCNc1oc(-c2ccco2)nc1S(=O)(=O)c1ccc(F)cc1. The molecule has 7 nitrogen and oxygen atoms in total. The Bertz CT molecular complexity index is 950. The van der Waals surface area contributed by atoms with Crippen molar-refractivity contribution in [1.82, 2.24) is 4.98 Å². The van der Waals surface area contributed by atoms with Gasteiger partial charge in [-0.2, -0.15) is 4.98 Å². The second-order valence-corrected chi connectivity index (χ2v) is 7.23. The van der Waals surface area contributed by atoms with Gasteiger partial charge in [-0.1, -0.05) is 0 Å². The van der Waals surface area contributed by atoms with E-state index < -0.39 is 15.7 Å². The van der Waals surface area contributed by atoms with E-state index >= 15 is 0 Å². The second-order valence-electron chi connectivity index (χ2n) is 5.36. The molecular weight excluding hydrogens is 363 g/mol. The fraction of sp³-hybridized carbons (Fsp3) is 0.235. The summed E-state index contributed by atoms with van der Waals surface area (Å²) in [7, 11) is -2.43. The number of oxazole rings is 1. The minimum absolute atomic E-state index is 0.00294. The van der Waals surface area contributed by atoms with Gasteiger partial charge < -0.3 is 18.9 Å². The van der Waals surface area contributed by atoms with Gasteiger partial charge in [0.1, 0.15) is 5.82 Å². The Morgan fingerprint density at radius 3 is 2.65 bits per heavy atom. The molecule has 26 heavy (non-hydrogen) atoms. The van der Waals surface area contributed by atoms with Crippen molar-refractivity contribution >= 4 is 15.7 Å². The largest absolute Gasteiger partial charge is 0.459 e. The Hall–Kier alpha value is -2.65. The molecule has 1 aromatic carbocycles. The van der Waals surface area contributed by atoms with Gasteiger partial charge in [0.15, 0.2) is 5.76 Å². The van der Waals surface area contributed by atoms with Gasteiger partial charge in [0, 0.05) is 20.3 Å². The number of hydrogen-bond donors (Lipinski definition) is 1. The molecule has 9 heteroatoms. The molecule has 1 N–H and O–H groups in total. The van der Waals surface area contributed by atoms with Crippen LogP contribution in [0.5, 0.6) is 0 Å². The second kappa shape index (κ2) is 7.71. The molecule has 0 radical (unpaired) electrons. The van der Waals surface area contributed by atoms with E-state index in [0.29, 0.717) is 25.3 Å². The van der Waals surface area contributed by atoms with Gasteiger partial charge in [0.25, 0.3) is 5.89 Å². The molecule has 0 unspecified atom stereocenters. The number of halogens is 1. The van der Waals surface area contributed by atoms with Crippen molar-refractivity contribution in [3.63, 3.8) is 0 Å². The number of sulfone groups is 1. The molecule has 0 aliphatic heterocycles. The first-order valence-electron chi connectivity index (χ1n) is 7.80. The zero-order valence-electron chi connectivity index (χ0n) is 13.9. The minimum atomic E-state index is -4.01. The van der Waals surface area contributed by atoms with Crippen molar-refractivity contribution in [3.8, 4) is 11.7 Å². The van der Waals surface area contributed by atoms with Crippen LogP contribution < -0.4 is 5.32 Å². The number of nitrogens with one attached hydrogen (secondary N) is 1. The lowest BCUT2D eigenvalue weighted by molar-refractivity contribution is 0.197. The molecule has 0 aliphatic rings. The zero-order chi connectivity index (χ0) is 18.6. The molecule has 0 saturated heterocycles. The molecule has 0 amide bonds. The predicted octanol–water partition coefficient (Wildman–Crippen LogP) is 3.35. The van der Waals surface area contributed by atoms with E-state index in [0.717, 1.165) is 12.1 Å². The zero-order valence-corrected chi connectivity index (χ0v) is 14.8. The Morgan fingerprint density at radius 2 is 2.00 bits per heavy atom. The monoisotopic (exact) mass is 380 g/mol. The van der Waals surface area contributed by atoms with Crippen molar-refractivity contribution in [1.29, 1.82) is 0 Å². The van der Waals surface area contributed by atoms with Crippen LogP contribution in [-0.2, 0) is 14.6 Å². The van der Waals surface area contributed by atoms with Gasteiger partial charge in [-0.15, -0.1) is 0 Å². The number of rotatable bonds is 8. The topological polar surface area (TPSA) is 94.6 Å². The molecule has 3 aromatic rings. The Labute approximate surface area is 149 Å². The fourth-order valence-electron chi connectivity index (χ4n) is 2.25. The molecule has 0 atom stereocenters. The molecule has 0 spiro atoms. The number of hydrogen-bond acceptors (Lipinski definition) is 7. The summed E-state index contributed by atoms with van der Waals surface area (Å²) in [5.74, 6) is -0.203. The van der Waals surface area contributed by atoms with Gasteiger partial charge >= 0.3 is 0 Å². The molecule has 0 saturated carbocycles. The Kier molecular flexibility index (Phi) is 5.38. The summed E-state index contributed by atoms with van der Waals surface area (Å²) in [4.78, 5) is 4.00. The molecule has 2 heterocycles. The third kappa shape index (κ3) is 3.78. The van der Waals surface area contributed by atoms with Gasteiger partial charge in [0.05, 0.1) is 11.2 Å². The molecular formula is C17H17FN2O5S. The molecule has 0 bridgehead atoms. The highest BCUT2D eigenvalue weighted by molar-refractivity contribution is 7.91. The molecule has 0 fully saturated rings. The van der Waals surface area contributed by atoms with E-state index in [-0.39, 0.29) is 21.7 Å². The summed E-state index contributed by atoms with van der Waals surface area (Å²) in [5, 5.41) is 2.63. The summed E-state index contributed by atoms with van der Waals surface area (Å²) in [6.45, 7) is 0.929. The summed E-state index contributed by atoms with van der Waals surface area (Å²) in [5.41, 5.74) is 0. The van der Waals surface area contributed by atoms with Gasteiger partial charge in [-0.3, -0.25) is 0 Å². The quantitative estimate of drug-likeness (QED) is 0.473. The van der Waals surface area contributed by atoms with Crippen LogP contribution in [-0.4, -0.2) is 33.7 Å². The predicted molar refractivity (Wildman–Crippen MR) is 91.0 cm³/mol. The van der Waals surface area contributed by atoms with E-state index in [9.17, 15) is 12.8 Å². The first kappa shape index (κ1) is 18.2. The first-order valence-corrected chi connectivity index (χ1v) is 9.29. The van der Waals surface area contributed by atoms with Gasteiger partial charge in [-0.25, -0.2) is 12.8 Å². The number of nitrogens with zero attached hydrogens (tertiary/aromatic N) is 1. The summed E-state index contributed by atoms with van der Waals surface area (Å²) in [6.07, 6.45) is 2.07. The minimum Gasteiger partial charge on any atom is -0.459 e. The van der Waals surface area contributed by atoms with E-state index in [1.807, 2.05) is 0 Å². The average Bonchev–Trinajstić information content (AvgIpc) is 3.29. The van der Waals surface area contributed by atoms with Crippen molar-refractivity contribution in [2.75, 3.05) is 25.6 Å².